The second-order valence-electron chi connectivity index (χ2n) is 5.70. The summed E-state index contributed by atoms with van der Waals surface area (Å²) in [5, 5.41) is 0.320. The molecule has 0 fully saturated rings. The van der Waals surface area contributed by atoms with E-state index in [9.17, 15) is 26.4 Å². The highest BCUT2D eigenvalue weighted by Crippen LogP contribution is 2.33. The van der Waals surface area contributed by atoms with E-state index in [4.69, 9.17) is 9.15 Å². The maximum Gasteiger partial charge on any atom is 0.416 e. The first-order valence-corrected chi connectivity index (χ1v) is 10.3. The van der Waals surface area contributed by atoms with Crippen molar-refractivity contribution < 1.29 is 35.5 Å². The maximum atomic E-state index is 12.7. The Hall–Kier alpha value is -2.40. The lowest BCUT2D eigenvalue weighted by Gasteiger charge is -2.04. The fourth-order valence-corrected chi connectivity index (χ4v) is 3.77. The standard InChI is InChI=1S/C16H12F3NO5S2/c1-27(22,23)8-10-3-4-12(25-10)15(21)24-7-14-20-11-6-9(16(17,18)19)2-5-13(11)26-14/h2-6H,7-8H2,1H3. The van der Waals surface area contributed by atoms with Crippen molar-refractivity contribution in [1.29, 1.82) is 0 Å². The molecule has 0 amide bonds. The number of furan rings is 1. The molecule has 27 heavy (non-hydrogen) atoms. The van der Waals surface area contributed by atoms with Gasteiger partial charge in [0.15, 0.2) is 9.84 Å². The number of ether oxygens (including phenoxy) is 1. The zero-order chi connectivity index (χ0) is 19.8. The monoisotopic (exact) mass is 419 g/mol. The molecule has 0 spiro atoms. The summed E-state index contributed by atoms with van der Waals surface area (Å²) in [6.07, 6.45) is -3.43. The molecule has 11 heteroatoms. The summed E-state index contributed by atoms with van der Waals surface area (Å²) in [6, 6.07) is 5.85. The number of nitrogens with zero attached hydrogens (tertiary/aromatic N) is 1. The van der Waals surface area contributed by atoms with Crippen LogP contribution in [-0.4, -0.2) is 25.6 Å². The Kier molecular flexibility index (Phi) is 5.00. The van der Waals surface area contributed by atoms with Gasteiger partial charge in [0.2, 0.25) is 5.76 Å². The number of aromatic nitrogens is 1. The van der Waals surface area contributed by atoms with Crippen molar-refractivity contribution >= 4 is 37.4 Å². The number of rotatable bonds is 5. The lowest BCUT2D eigenvalue weighted by molar-refractivity contribution is -0.137. The Labute approximate surface area is 155 Å². The van der Waals surface area contributed by atoms with Crippen LogP contribution in [0.15, 0.2) is 34.7 Å². The molecule has 0 atom stereocenters. The molecule has 0 N–H and O–H groups in total. The van der Waals surface area contributed by atoms with E-state index in [1.165, 1.54) is 18.2 Å². The van der Waals surface area contributed by atoms with Crippen molar-refractivity contribution in [2.75, 3.05) is 6.26 Å². The Bertz CT molecular complexity index is 1100. The maximum absolute atomic E-state index is 12.7. The number of hydrogen-bond acceptors (Lipinski definition) is 7. The third-order valence-corrected chi connectivity index (χ3v) is 5.17. The number of halogens is 3. The molecule has 0 saturated carbocycles. The van der Waals surface area contributed by atoms with Crippen LogP contribution in [0, 0.1) is 0 Å². The van der Waals surface area contributed by atoms with Crippen LogP contribution in [0.25, 0.3) is 10.2 Å². The number of esters is 1. The minimum absolute atomic E-state index is 0.101. The van der Waals surface area contributed by atoms with Crippen LogP contribution in [0.1, 0.15) is 26.9 Å². The van der Waals surface area contributed by atoms with Gasteiger partial charge in [0.25, 0.3) is 0 Å². The third-order valence-electron chi connectivity index (χ3n) is 3.35. The molecule has 0 aliphatic rings. The van der Waals surface area contributed by atoms with Gasteiger partial charge in [-0.3, -0.25) is 0 Å². The minimum Gasteiger partial charge on any atom is -0.453 e. The topological polar surface area (TPSA) is 86.5 Å². The molecule has 0 unspecified atom stereocenters. The van der Waals surface area contributed by atoms with Crippen molar-refractivity contribution in [3.8, 4) is 0 Å². The predicted octanol–water partition coefficient (Wildman–Crippen LogP) is 3.81. The second kappa shape index (κ2) is 6.97. The molecule has 2 aromatic heterocycles. The molecule has 2 heterocycles. The number of sulfone groups is 1. The second-order valence-corrected chi connectivity index (χ2v) is 8.96. The van der Waals surface area contributed by atoms with Crippen LogP contribution in [-0.2, 0) is 33.1 Å². The number of alkyl halides is 3. The molecule has 144 valence electrons. The zero-order valence-corrected chi connectivity index (χ0v) is 15.4. The lowest BCUT2D eigenvalue weighted by atomic mass is 10.2. The van der Waals surface area contributed by atoms with Crippen LogP contribution in [0.4, 0.5) is 13.2 Å². The van der Waals surface area contributed by atoms with E-state index in [0.29, 0.717) is 9.71 Å². The fourth-order valence-electron chi connectivity index (χ4n) is 2.24. The predicted molar refractivity (Wildman–Crippen MR) is 91.0 cm³/mol. The molecule has 0 radical (unpaired) electrons. The number of carbonyl (C=O) groups excluding carboxylic acids is 1. The average molecular weight is 419 g/mol. The summed E-state index contributed by atoms with van der Waals surface area (Å²) in [4.78, 5) is 16.0. The lowest BCUT2D eigenvalue weighted by Crippen LogP contribution is -2.04. The Morgan fingerprint density at radius 1 is 1.26 bits per heavy atom. The van der Waals surface area contributed by atoms with Gasteiger partial charge in [0, 0.05) is 6.26 Å². The highest BCUT2D eigenvalue weighted by atomic mass is 32.2. The molecule has 6 nitrogen and oxygen atoms in total. The van der Waals surface area contributed by atoms with E-state index in [1.807, 2.05) is 0 Å². The van der Waals surface area contributed by atoms with Gasteiger partial charge in [-0.1, -0.05) is 0 Å². The number of hydrogen-bond donors (Lipinski definition) is 0. The summed E-state index contributed by atoms with van der Waals surface area (Å²) in [5.41, 5.74) is -0.646. The van der Waals surface area contributed by atoms with Crippen molar-refractivity contribution in [2.45, 2.75) is 18.5 Å². The first-order valence-electron chi connectivity index (χ1n) is 7.41. The van der Waals surface area contributed by atoms with Gasteiger partial charge in [0.05, 0.1) is 15.8 Å². The van der Waals surface area contributed by atoms with E-state index >= 15 is 0 Å². The van der Waals surface area contributed by atoms with Gasteiger partial charge < -0.3 is 9.15 Å². The van der Waals surface area contributed by atoms with Gasteiger partial charge in [-0.05, 0) is 30.3 Å². The van der Waals surface area contributed by atoms with Crippen LogP contribution < -0.4 is 0 Å². The number of fused-ring (bicyclic) bond motifs is 1. The summed E-state index contributed by atoms with van der Waals surface area (Å²) >= 11 is 1.10. The van der Waals surface area contributed by atoms with E-state index in [-0.39, 0.29) is 29.4 Å². The molecular formula is C16H12F3NO5S2. The van der Waals surface area contributed by atoms with E-state index in [1.54, 1.807) is 0 Å². The van der Waals surface area contributed by atoms with Crippen molar-refractivity contribution in [3.63, 3.8) is 0 Å². The van der Waals surface area contributed by atoms with Gasteiger partial charge in [-0.25, -0.2) is 18.2 Å². The van der Waals surface area contributed by atoms with Crippen LogP contribution >= 0.6 is 11.3 Å². The zero-order valence-electron chi connectivity index (χ0n) is 13.7. The number of carbonyl (C=O) groups is 1. The Morgan fingerprint density at radius 2 is 2.00 bits per heavy atom. The van der Waals surface area contributed by atoms with Gasteiger partial charge >= 0.3 is 12.1 Å². The molecular weight excluding hydrogens is 407 g/mol. The third kappa shape index (κ3) is 4.86. The summed E-state index contributed by atoms with van der Waals surface area (Å²) in [5.74, 6) is -1.25. The molecule has 0 aliphatic carbocycles. The van der Waals surface area contributed by atoms with Crippen LogP contribution in [0.2, 0.25) is 0 Å². The Morgan fingerprint density at radius 3 is 2.67 bits per heavy atom. The first kappa shape index (κ1) is 19.4. The van der Waals surface area contributed by atoms with E-state index in [2.05, 4.69) is 4.98 Å². The molecule has 0 saturated heterocycles. The highest BCUT2D eigenvalue weighted by Gasteiger charge is 2.30. The number of thiazole rings is 1. The first-order chi connectivity index (χ1) is 12.5. The summed E-state index contributed by atoms with van der Waals surface area (Å²) in [7, 11) is -3.31. The van der Waals surface area contributed by atoms with Crippen molar-refractivity contribution in [1.82, 2.24) is 4.98 Å². The molecule has 3 rings (SSSR count). The molecule has 0 bridgehead atoms. The normalized spacial score (nSPS) is 12.4. The van der Waals surface area contributed by atoms with Crippen molar-refractivity contribution in [2.24, 2.45) is 0 Å². The molecule has 3 aromatic rings. The quantitative estimate of drug-likeness (QED) is 0.585. The largest absolute Gasteiger partial charge is 0.453 e. The summed E-state index contributed by atoms with van der Waals surface area (Å²) in [6.45, 7) is -0.248. The van der Waals surface area contributed by atoms with Gasteiger partial charge in [0.1, 0.15) is 23.1 Å². The SMILES string of the molecule is CS(=O)(=O)Cc1ccc(C(=O)OCc2nc3cc(C(F)(F)F)ccc3s2)o1. The molecule has 0 aliphatic heterocycles. The minimum atomic E-state index is -4.46. The van der Waals surface area contributed by atoms with Crippen molar-refractivity contribution in [3.05, 3.63) is 52.4 Å². The smallest absolute Gasteiger partial charge is 0.416 e. The average Bonchev–Trinajstić information content (AvgIpc) is 3.15. The van der Waals surface area contributed by atoms with E-state index < -0.39 is 27.5 Å². The summed E-state index contributed by atoms with van der Waals surface area (Å²) < 4.78 is 71.3. The van der Waals surface area contributed by atoms with Crippen LogP contribution in [0.3, 0.4) is 0 Å². The number of benzene rings is 1. The van der Waals surface area contributed by atoms with Gasteiger partial charge in [-0.15, -0.1) is 11.3 Å². The molecule has 1 aromatic carbocycles. The highest BCUT2D eigenvalue weighted by molar-refractivity contribution is 7.89. The van der Waals surface area contributed by atoms with E-state index in [0.717, 1.165) is 29.7 Å². The Balaban J connectivity index is 1.68. The fraction of sp³-hybridized carbons (Fsp3) is 0.250. The van der Waals surface area contributed by atoms with Gasteiger partial charge in [-0.2, -0.15) is 13.2 Å². The van der Waals surface area contributed by atoms with Crippen LogP contribution in [0.5, 0.6) is 0 Å².